The van der Waals surface area contributed by atoms with Gasteiger partial charge in [0.15, 0.2) is 5.82 Å². The molecule has 2 N–H and O–H groups in total. The first-order valence-electron chi connectivity index (χ1n) is 5.86. The van der Waals surface area contributed by atoms with E-state index >= 15 is 0 Å². The van der Waals surface area contributed by atoms with Gasteiger partial charge in [0, 0.05) is 6.54 Å². The molecule has 92 valence electrons. The van der Waals surface area contributed by atoms with Gasteiger partial charge in [-0.15, -0.1) is 5.10 Å². The molecule has 0 aromatic carbocycles. The van der Waals surface area contributed by atoms with Crippen LogP contribution in [0.2, 0.25) is 0 Å². The Morgan fingerprint density at radius 1 is 1.29 bits per heavy atom. The van der Waals surface area contributed by atoms with E-state index < -0.39 is 0 Å². The van der Waals surface area contributed by atoms with Crippen molar-refractivity contribution in [2.75, 3.05) is 5.73 Å². The fourth-order valence-corrected chi connectivity index (χ4v) is 1.77. The minimum atomic E-state index is 0.489. The van der Waals surface area contributed by atoms with Crippen LogP contribution in [0, 0.1) is 6.92 Å². The quantitative estimate of drug-likeness (QED) is 0.856. The van der Waals surface area contributed by atoms with Gasteiger partial charge in [-0.3, -0.25) is 4.68 Å². The van der Waals surface area contributed by atoms with Crippen molar-refractivity contribution < 1.29 is 0 Å². The molecule has 0 amide bonds. The standard InChI is InChI=1S/C11H18N6/c1-4-9-6-10(16(5-2)14-9)7-17-8(3)11(12)13-15-17/h6H,4-5,7,12H2,1-3H3. The van der Waals surface area contributed by atoms with E-state index in [1.165, 1.54) is 0 Å². The van der Waals surface area contributed by atoms with Crippen molar-refractivity contribution in [2.45, 2.75) is 40.3 Å². The molecule has 0 radical (unpaired) electrons. The van der Waals surface area contributed by atoms with Crippen LogP contribution in [-0.2, 0) is 19.5 Å². The summed E-state index contributed by atoms with van der Waals surface area (Å²) in [7, 11) is 0. The summed E-state index contributed by atoms with van der Waals surface area (Å²) in [6.07, 6.45) is 0.943. The average molecular weight is 234 g/mol. The first kappa shape index (κ1) is 11.6. The van der Waals surface area contributed by atoms with Crippen LogP contribution < -0.4 is 5.73 Å². The highest BCUT2D eigenvalue weighted by atomic mass is 15.4. The predicted molar refractivity (Wildman–Crippen MR) is 65.6 cm³/mol. The van der Waals surface area contributed by atoms with Crippen molar-refractivity contribution in [3.8, 4) is 0 Å². The molecule has 0 unspecified atom stereocenters. The van der Waals surface area contributed by atoms with Gasteiger partial charge in [-0.2, -0.15) is 5.10 Å². The van der Waals surface area contributed by atoms with Crippen LogP contribution in [-0.4, -0.2) is 24.8 Å². The first-order valence-corrected chi connectivity index (χ1v) is 5.86. The second-order valence-electron chi connectivity index (χ2n) is 4.01. The Bertz CT molecular complexity index is 510. The summed E-state index contributed by atoms with van der Waals surface area (Å²) < 4.78 is 3.80. The van der Waals surface area contributed by atoms with Crippen molar-refractivity contribution >= 4 is 5.82 Å². The molecule has 6 nitrogen and oxygen atoms in total. The van der Waals surface area contributed by atoms with E-state index in [-0.39, 0.29) is 0 Å². The number of anilines is 1. The molecule has 2 rings (SSSR count). The molecule has 0 saturated carbocycles. The fraction of sp³-hybridized carbons (Fsp3) is 0.545. The summed E-state index contributed by atoms with van der Waals surface area (Å²) in [5, 5.41) is 12.4. The van der Waals surface area contributed by atoms with Gasteiger partial charge < -0.3 is 5.73 Å². The van der Waals surface area contributed by atoms with E-state index in [4.69, 9.17) is 5.73 Å². The van der Waals surface area contributed by atoms with Crippen LogP contribution in [0.5, 0.6) is 0 Å². The van der Waals surface area contributed by atoms with Crippen molar-refractivity contribution in [1.82, 2.24) is 24.8 Å². The monoisotopic (exact) mass is 234 g/mol. The van der Waals surface area contributed by atoms with Crippen LogP contribution in [0.15, 0.2) is 6.07 Å². The number of aromatic nitrogens is 5. The Kier molecular flexibility index (Phi) is 3.12. The van der Waals surface area contributed by atoms with Crippen molar-refractivity contribution in [3.05, 3.63) is 23.1 Å². The summed E-state index contributed by atoms with van der Waals surface area (Å²) in [6, 6.07) is 2.11. The molecule has 0 fully saturated rings. The van der Waals surface area contributed by atoms with Gasteiger partial charge in [0.1, 0.15) is 0 Å². The second kappa shape index (κ2) is 4.57. The molecule has 0 atom stereocenters. The molecule has 2 heterocycles. The number of nitrogen functional groups attached to an aromatic ring is 1. The van der Waals surface area contributed by atoms with E-state index in [2.05, 4.69) is 35.3 Å². The Hall–Kier alpha value is -1.85. The molecule has 0 aliphatic heterocycles. The van der Waals surface area contributed by atoms with E-state index in [1.807, 2.05) is 11.6 Å². The molecular formula is C11H18N6. The Labute approximate surface area is 100 Å². The second-order valence-corrected chi connectivity index (χ2v) is 4.01. The van der Waals surface area contributed by atoms with Gasteiger partial charge in [-0.25, -0.2) is 4.68 Å². The van der Waals surface area contributed by atoms with Gasteiger partial charge in [0.05, 0.1) is 23.6 Å². The zero-order chi connectivity index (χ0) is 12.4. The van der Waals surface area contributed by atoms with E-state index in [0.29, 0.717) is 12.4 Å². The Morgan fingerprint density at radius 2 is 2.06 bits per heavy atom. The lowest BCUT2D eigenvalue weighted by Gasteiger charge is -2.05. The zero-order valence-corrected chi connectivity index (χ0v) is 10.5. The number of hydrogen-bond donors (Lipinski definition) is 1. The van der Waals surface area contributed by atoms with Crippen LogP contribution in [0.3, 0.4) is 0 Å². The minimum absolute atomic E-state index is 0.489. The third-order valence-corrected chi connectivity index (χ3v) is 2.91. The summed E-state index contributed by atoms with van der Waals surface area (Å²) >= 11 is 0. The summed E-state index contributed by atoms with van der Waals surface area (Å²) in [5.74, 6) is 0.489. The third-order valence-electron chi connectivity index (χ3n) is 2.91. The molecular weight excluding hydrogens is 216 g/mol. The molecule has 0 aliphatic carbocycles. The topological polar surface area (TPSA) is 74.6 Å². The summed E-state index contributed by atoms with van der Waals surface area (Å²) in [5.41, 5.74) is 8.82. The Balaban J connectivity index is 2.29. The normalized spacial score (nSPS) is 11.0. The van der Waals surface area contributed by atoms with E-state index in [0.717, 1.165) is 30.0 Å². The maximum atomic E-state index is 5.68. The smallest absolute Gasteiger partial charge is 0.168 e. The van der Waals surface area contributed by atoms with Gasteiger partial charge in [-0.1, -0.05) is 12.1 Å². The molecule has 0 aliphatic rings. The number of aryl methyl sites for hydroxylation is 2. The van der Waals surface area contributed by atoms with Crippen molar-refractivity contribution in [2.24, 2.45) is 0 Å². The highest BCUT2D eigenvalue weighted by molar-refractivity contribution is 5.31. The molecule has 2 aromatic rings. The number of nitrogens with zero attached hydrogens (tertiary/aromatic N) is 5. The first-order chi connectivity index (χ1) is 8.15. The largest absolute Gasteiger partial charge is 0.381 e. The molecule has 0 bridgehead atoms. The van der Waals surface area contributed by atoms with Crippen molar-refractivity contribution in [3.63, 3.8) is 0 Å². The van der Waals surface area contributed by atoms with Gasteiger partial charge in [0.2, 0.25) is 0 Å². The SMILES string of the molecule is CCc1cc(Cn2nnc(N)c2C)n(CC)n1. The van der Waals surface area contributed by atoms with E-state index in [1.54, 1.807) is 4.68 Å². The molecule has 2 aromatic heterocycles. The summed E-state index contributed by atoms with van der Waals surface area (Å²) in [6.45, 7) is 7.63. The molecule has 0 spiro atoms. The fourth-order valence-electron chi connectivity index (χ4n) is 1.77. The molecule has 6 heteroatoms. The van der Waals surface area contributed by atoms with Gasteiger partial charge in [0.25, 0.3) is 0 Å². The van der Waals surface area contributed by atoms with Crippen molar-refractivity contribution in [1.29, 1.82) is 0 Å². The van der Waals surface area contributed by atoms with E-state index in [9.17, 15) is 0 Å². The number of nitrogens with two attached hydrogens (primary N) is 1. The predicted octanol–water partition coefficient (Wildman–Crippen LogP) is 0.996. The average Bonchev–Trinajstić information content (AvgIpc) is 2.87. The maximum absolute atomic E-state index is 5.68. The molecule has 0 saturated heterocycles. The molecule has 17 heavy (non-hydrogen) atoms. The lowest BCUT2D eigenvalue weighted by molar-refractivity contribution is 0.557. The Morgan fingerprint density at radius 3 is 2.59 bits per heavy atom. The van der Waals surface area contributed by atoms with Crippen LogP contribution >= 0.6 is 0 Å². The van der Waals surface area contributed by atoms with Gasteiger partial charge in [-0.05, 0) is 26.3 Å². The summed E-state index contributed by atoms with van der Waals surface area (Å²) in [4.78, 5) is 0. The zero-order valence-electron chi connectivity index (χ0n) is 10.5. The maximum Gasteiger partial charge on any atom is 0.168 e. The number of rotatable bonds is 4. The highest BCUT2D eigenvalue weighted by Gasteiger charge is 2.10. The lowest BCUT2D eigenvalue weighted by atomic mass is 10.3. The number of hydrogen-bond acceptors (Lipinski definition) is 4. The third kappa shape index (κ3) is 2.15. The minimum Gasteiger partial charge on any atom is -0.381 e. The van der Waals surface area contributed by atoms with Gasteiger partial charge >= 0.3 is 0 Å². The van der Waals surface area contributed by atoms with Crippen LogP contribution in [0.25, 0.3) is 0 Å². The van der Waals surface area contributed by atoms with Crippen LogP contribution in [0.4, 0.5) is 5.82 Å². The lowest BCUT2D eigenvalue weighted by Crippen LogP contribution is -2.10. The van der Waals surface area contributed by atoms with Crippen LogP contribution in [0.1, 0.15) is 30.9 Å². The highest BCUT2D eigenvalue weighted by Crippen LogP contribution is 2.11.